The molecule has 1 amide bonds. The van der Waals surface area contributed by atoms with Crippen molar-refractivity contribution in [2.45, 2.75) is 19.4 Å². The third-order valence-electron chi connectivity index (χ3n) is 5.04. The number of aromatic nitrogens is 2. The molecule has 146 valence electrons. The van der Waals surface area contributed by atoms with Crippen molar-refractivity contribution >= 4 is 49.5 Å². The first-order valence-corrected chi connectivity index (χ1v) is 11.1. The molecule has 4 aromatic rings. The molecule has 5 rings (SSSR count). The van der Waals surface area contributed by atoms with E-state index in [-0.39, 0.29) is 5.91 Å². The number of thiophene rings is 1. The largest absolute Gasteiger partial charge is 0.397 e. The molecule has 0 unspecified atom stereocenters. The van der Waals surface area contributed by atoms with E-state index in [1.807, 2.05) is 30.3 Å². The molecule has 6 nitrogen and oxygen atoms in total. The van der Waals surface area contributed by atoms with Crippen LogP contribution >= 0.6 is 22.7 Å². The van der Waals surface area contributed by atoms with Crippen molar-refractivity contribution < 1.29 is 4.79 Å². The van der Waals surface area contributed by atoms with Crippen molar-refractivity contribution in [1.29, 1.82) is 0 Å². The zero-order chi connectivity index (χ0) is 19.8. The Kier molecular flexibility index (Phi) is 4.75. The van der Waals surface area contributed by atoms with E-state index < -0.39 is 0 Å². The summed E-state index contributed by atoms with van der Waals surface area (Å²) in [5.74, 6) is -0.243. The Bertz CT molecular complexity index is 1200. The minimum Gasteiger partial charge on any atom is -0.397 e. The molecule has 0 saturated carbocycles. The van der Waals surface area contributed by atoms with Gasteiger partial charge in [-0.05, 0) is 42.6 Å². The van der Waals surface area contributed by atoms with E-state index in [1.165, 1.54) is 33.8 Å². The van der Waals surface area contributed by atoms with E-state index >= 15 is 0 Å². The molecule has 2 aromatic heterocycles. The topological polar surface area (TPSA) is 92.9 Å². The smallest absolute Gasteiger partial charge is 0.269 e. The van der Waals surface area contributed by atoms with Crippen LogP contribution in [-0.4, -0.2) is 22.6 Å². The molecule has 8 heteroatoms. The van der Waals surface area contributed by atoms with E-state index in [0.717, 1.165) is 46.6 Å². The van der Waals surface area contributed by atoms with Crippen molar-refractivity contribution in [3.05, 3.63) is 58.5 Å². The number of benzene rings is 2. The summed E-state index contributed by atoms with van der Waals surface area (Å²) >= 11 is 2.78. The molecule has 4 N–H and O–H groups in total. The number of fused-ring (bicyclic) bond motifs is 2. The molecule has 0 fully saturated rings. The van der Waals surface area contributed by atoms with Crippen LogP contribution < -0.4 is 16.4 Å². The Morgan fingerprint density at radius 2 is 1.97 bits per heavy atom. The zero-order valence-electron chi connectivity index (χ0n) is 15.6. The van der Waals surface area contributed by atoms with Gasteiger partial charge in [0.15, 0.2) is 0 Å². The van der Waals surface area contributed by atoms with Crippen LogP contribution in [0.4, 0.5) is 10.8 Å². The summed E-state index contributed by atoms with van der Waals surface area (Å²) < 4.78 is 1.05. The molecule has 1 aliphatic rings. The molecule has 1 aliphatic heterocycles. The highest BCUT2D eigenvalue weighted by molar-refractivity contribution is 7.22. The number of rotatable bonds is 3. The van der Waals surface area contributed by atoms with E-state index in [9.17, 15) is 4.79 Å². The second-order valence-corrected chi connectivity index (χ2v) is 9.00. The number of amides is 1. The summed E-state index contributed by atoms with van der Waals surface area (Å²) in [6.45, 7) is 1.87. The van der Waals surface area contributed by atoms with Crippen LogP contribution in [0.3, 0.4) is 0 Å². The van der Waals surface area contributed by atoms with Gasteiger partial charge in [0.2, 0.25) is 5.13 Å². The van der Waals surface area contributed by atoms with Crippen molar-refractivity contribution in [3.8, 4) is 10.6 Å². The van der Waals surface area contributed by atoms with Crippen LogP contribution in [0.5, 0.6) is 0 Å². The average Bonchev–Trinajstić information content (AvgIpc) is 3.24. The molecule has 29 heavy (non-hydrogen) atoms. The van der Waals surface area contributed by atoms with Crippen molar-refractivity contribution in [2.24, 2.45) is 0 Å². The van der Waals surface area contributed by atoms with Crippen molar-refractivity contribution in [3.63, 3.8) is 0 Å². The van der Waals surface area contributed by atoms with E-state index in [1.54, 1.807) is 0 Å². The number of carbonyl (C=O) groups excluding carboxylic acids is 1. The van der Waals surface area contributed by atoms with Gasteiger partial charge in [-0.2, -0.15) is 0 Å². The second kappa shape index (κ2) is 7.55. The third-order valence-corrected chi connectivity index (χ3v) is 7.09. The van der Waals surface area contributed by atoms with Crippen molar-refractivity contribution in [2.75, 3.05) is 17.6 Å². The molecule has 0 spiro atoms. The van der Waals surface area contributed by atoms with Gasteiger partial charge in [-0.25, -0.2) is 0 Å². The van der Waals surface area contributed by atoms with Crippen LogP contribution in [0.1, 0.15) is 27.2 Å². The Hall–Kier alpha value is -2.81. The van der Waals surface area contributed by atoms with Gasteiger partial charge in [-0.15, -0.1) is 21.5 Å². The Labute approximate surface area is 175 Å². The molecule has 2 aromatic carbocycles. The number of carbonyl (C=O) groups is 1. The Balaban J connectivity index is 1.43. The standard InChI is InChI=1S/C21H19N5OS2/c22-17-15-9-14-11-23-8-4-7-13(14)10-16(15)28-18(17)19(27)24-21-26-25-20(29-21)12-5-2-1-3-6-12/h1-3,5-6,9-10,23H,4,7-8,11,22H2,(H,24,26,27). The lowest BCUT2D eigenvalue weighted by atomic mass is 10.0. The SMILES string of the molecule is Nc1c(C(=O)Nc2nnc(-c3ccccc3)s2)sc2cc3c(cc12)CNCCC3. The molecule has 0 saturated heterocycles. The number of anilines is 2. The molecular formula is C21H19N5OS2. The van der Waals surface area contributed by atoms with Gasteiger partial charge in [0.25, 0.3) is 5.91 Å². The van der Waals surface area contributed by atoms with E-state index in [2.05, 4.69) is 33.0 Å². The fraction of sp³-hybridized carbons (Fsp3) is 0.190. The van der Waals surface area contributed by atoms with E-state index in [0.29, 0.717) is 15.7 Å². The minimum absolute atomic E-state index is 0.243. The van der Waals surface area contributed by atoms with Gasteiger partial charge < -0.3 is 11.1 Å². The normalized spacial score (nSPS) is 13.8. The molecule has 0 aliphatic carbocycles. The number of aryl methyl sites for hydroxylation is 1. The zero-order valence-corrected chi connectivity index (χ0v) is 17.2. The molecular weight excluding hydrogens is 402 g/mol. The van der Waals surface area contributed by atoms with Crippen LogP contribution in [0.2, 0.25) is 0 Å². The molecule has 0 radical (unpaired) electrons. The van der Waals surface area contributed by atoms with Gasteiger partial charge in [0.05, 0.1) is 5.69 Å². The van der Waals surface area contributed by atoms with Crippen LogP contribution in [0, 0.1) is 0 Å². The molecule has 0 bridgehead atoms. The summed E-state index contributed by atoms with van der Waals surface area (Å²) in [7, 11) is 0. The summed E-state index contributed by atoms with van der Waals surface area (Å²) in [4.78, 5) is 13.4. The number of hydrogen-bond donors (Lipinski definition) is 3. The fourth-order valence-electron chi connectivity index (χ4n) is 3.57. The second-order valence-electron chi connectivity index (χ2n) is 6.97. The van der Waals surface area contributed by atoms with Gasteiger partial charge in [-0.1, -0.05) is 41.7 Å². The monoisotopic (exact) mass is 421 g/mol. The summed E-state index contributed by atoms with van der Waals surface area (Å²) in [5.41, 5.74) is 10.5. The van der Waals surface area contributed by atoms with Gasteiger partial charge >= 0.3 is 0 Å². The maximum absolute atomic E-state index is 12.9. The Morgan fingerprint density at radius 1 is 1.10 bits per heavy atom. The first-order chi connectivity index (χ1) is 14.2. The quantitative estimate of drug-likeness (QED) is 0.459. The lowest BCUT2D eigenvalue weighted by Gasteiger charge is -2.06. The maximum atomic E-state index is 12.9. The van der Waals surface area contributed by atoms with Crippen molar-refractivity contribution in [1.82, 2.24) is 15.5 Å². The lowest BCUT2D eigenvalue weighted by molar-refractivity contribution is 0.103. The fourth-order valence-corrected chi connectivity index (χ4v) is 5.37. The number of nitrogens with one attached hydrogen (secondary N) is 2. The van der Waals surface area contributed by atoms with Crippen LogP contribution in [0.15, 0.2) is 42.5 Å². The van der Waals surface area contributed by atoms with Gasteiger partial charge in [0, 0.05) is 22.2 Å². The first kappa shape index (κ1) is 18.2. The summed E-state index contributed by atoms with van der Waals surface area (Å²) in [5, 5.41) is 16.8. The third kappa shape index (κ3) is 3.50. The highest BCUT2D eigenvalue weighted by Crippen LogP contribution is 2.37. The van der Waals surface area contributed by atoms with Gasteiger partial charge in [0.1, 0.15) is 9.88 Å². The van der Waals surface area contributed by atoms with Gasteiger partial charge in [-0.3, -0.25) is 10.1 Å². The molecule has 3 heterocycles. The number of nitrogens with zero attached hydrogens (tertiary/aromatic N) is 2. The van der Waals surface area contributed by atoms with Crippen LogP contribution in [-0.2, 0) is 13.0 Å². The molecule has 0 atom stereocenters. The number of nitrogen functional groups attached to an aromatic ring is 1. The highest BCUT2D eigenvalue weighted by atomic mass is 32.1. The highest BCUT2D eigenvalue weighted by Gasteiger charge is 2.20. The maximum Gasteiger partial charge on any atom is 0.269 e. The van der Waals surface area contributed by atoms with Crippen LogP contribution in [0.25, 0.3) is 20.7 Å². The number of hydrogen-bond acceptors (Lipinski definition) is 7. The lowest BCUT2D eigenvalue weighted by Crippen LogP contribution is -2.12. The average molecular weight is 422 g/mol. The predicted octanol–water partition coefficient (Wildman–Crippen LogP) is 4.29. The minimum atomic E-state index is -0.243. The number of nitrogens with two attached hydrogens (primary N) is 1. The Morgan fingerprint density at radius 3 is 2.83 bits per heavy atom. The first-order valence-electron chi connectivity index (χ1n) is 9.44. The summed E-state index contributed by atoms with van der Waals surface area (Å²) in [6.07, 6.45) is 2.16. The summed E-state index contributed by atoms with van der Waals surface area (Å²) in [6, 6.07) is 14.1. The predicted molar refractivity (Wildman–Crippen MR) is 120 cm³/mol. The van der Waals surface area contributed by atoms with E-state index in [4.69, 9.17) is 5.73 Å².